The topological polar surface area (TPSA) is 86.3 Å². The average Bonchev–Trinajstić information content (AvgIpc) is 2.51. The predicted octanol–water partition coefficient (Wildman–Crippen LogP) is 2.36. The van der Waals surface area contributed by atoms with Gasteiger partial charge in [-0.15, -0.1) is 0 Å². The Morgan fingerprint density at radius 3 is 2.55 bits per heavy atom. The zero-order valence-electron chi connectivity index (χ0n) is 12.4. The maximum atomic E-state index is 11.9. The molecule has 1 aromatic carbocycles. The molecule has 0 fully saturated rings. The quantitative estimate of drug-likeness (QED) is 0.591. The third kappa shape index (κ3) is 4.24. The first kappa shape index (κ1) is 17.5. The van der Waals surface area contributed by atoms with E-state index >= 15 is 0 Å². The van der Waals surface area contributed by atoms with Gasteiger partial charge in [-0.25, -0.2) is 0 Å². The van der Waals surface area contributed by atoms with Crippen LogP contribution >= 0.6 is 15.9 Å². The van der Waals surface area contributed by atoms with Gasteiger partial charge in [0, 0.05) is 18.6 Å². The summed E-state index contributed by atoms with van der Waals surface area (Å²) in [4.78, 5) is 13.2. The molecule has 22 heavy (non-hydrogen) atoms. The molecule has 0 N–H and O–H groups in total. The van der Waals surface area contributed by atoms with Gasteiger partial charge in [-0.2, -0.15) is 10.5 Å². The first-order chi connectivity index (χ1) is 10.4. The second-order valence-corrected chi connectivity index (χ2v) is 5.20. The van der Waals surface area contributed by atoms with Crippen LogP contribution in [-0.2, 0) is 4.79 Å². The van der Waals surface area contributed by atoms with E-state index in [0.29, 0.717) is 21.5 Å². The molecule has 114 valence electrons. The lowest BCUT2D eigenvalue weighted by atomic mass is 10.1. The largest absolute Gasteiger partial charge is 0.493 e. The van der Waals surface area contributed by atoms with Crippen LogP contribution in [0.1, 0.15) is 5.56 Å². The molecule has 0 spiro atoms. The molecule has 0 atom stereocenters. The van der Waals surface area contributed by atoms with Crippen molar-refractivity contribution >= 4 is 27.9 Å². The number of methoxy groups -OCH3 is 1. The Hall–Kier alpha value is -2.51. The Bertz CT molecular complexity index is 684. The van der Waals surface area contributed by atoms with Gasteiger partial charge in [0.2, 0.25) is 0 Å². The highest BCUT2D eigenvalue weighted by molar-refractivity contribution is 9.10. The van der Waals surface area contributed by atoms with Gasteiger partial charge >= 0.3 is 0 Å². The lowest BCUT2D eigenvalue weighted by Gasteiger charge is -2.12. The summed E-state index contributed by atoms with van der Waals surface area (Å²) in [6, 6.07) is 7.00. The molecule has 6 nitrogen and oxygen atoms in total. The summed E-state index contributed by atoms with van der Waals surface area (Å²) in [7, 11) is 4.61. The number of halogens is 1. The molecule has 0 saturated carbocycles. The predicted molar refractivity (Wildman–Crippen MR) is 84.1 cm³/mol. The molecule has 0 aromatic heterocycles. The van der Waals surface area contributed by atoms with Gasteiger partial charge in [-0.3, -0.25) is 4.79 Å². The van der Waals surface area contributed by atoms with Gasteiger partial charge in [0.05, 0.1) is 7.11 Å². The first-order valence-corrected chi connectivity index (χ1v) is 6.94. The van der Waals surface area contributed by atoms with Gasteiger partial charge in [0.1, 0.15) is 17.7 Å². The number of nitriles is 2. The highest BCUT2D eigenvalue weighted by Crippen LogP contribution is 2.34. The summed E-state index contributed by atoms with van der Waals surface area (Å²) in [5.41, 5.74) is 0.589. The molecule has 0 aliphatic rings. The van der Waals surface area contributed by atoms with Crippen LogP contribution in [0.4, 0.5) is 0 Å². The molecule has 0 heterocycles. The highest BCUT2D eigenvalue weighted by Gasteiger charge is 2.14. The Morgan fingerprint density at radius 1 is 1.36 bits per heavy atom. The SMILES string of the molecule is COc1cc(/C=C(/C#N)C(=O)N(C)C)c(Br)cc1OCC#N. The maximum absolute atomic E-state index is 11.9. The van der Waals surface area contributed by atoms with Crippen molar-refractivity contribution in [1.82, 2.24) is 4.90 Å². The molecule has 1 rings (SSSR count). The number of likely N-dealkylation sites (N-methyl/N-ethyl adjacent to an activating group) is 1. The van der Waals surface area contributed by atoms with Crippen molar-refractivity contribution in [3.63, 3.8) is 0 Å². The molecule has 0 aliphatic heterocycles. The van der Waals surface area contributed by atoms with Crippen LogP contribution in [-0.4, -0.2) is 38.6 Å². The first-order valence-electron chi connectivity index (χ1n) is 6.15. The van der Waals surface area contributed by atoms with E-state index in [2.05, 4.69) is 15.9 Å². The van der Waals surface area contributed by atoms with E-state index in [0.717, 1.165) is 0 Å². The number of ether oxygens (including phenoxy) is 2. The van der Waals surface area contributed by atoms with Gasteiger partial charge in [0.15, 0.2) is 18.1 Å². The summed E-state index contributed by atoms with van der Waals surface area (Å²) in [5.74, 6) is 0.406. The molecular formula is C15H14BrN3O3. The average molecular weight is 364 g/mol. The van der Waals surface area contributed by atoms with Crippen LogP contribution < -0.4 is 9.47 Å². The molecule has 1 amide bonds. The molecule has 0 saturated heterocycles. The van der Waals surface area contributed by atoms with Crippen LogP contribution in [0, 0.1) is 22.7 Å². The van der Waals surface area contributed by atoms with E-state index in [1.807, 2.05) is 12.1 Å². The normalized spacial score (nSPS) is 10.4. The van der Waals surface area contributed by atoms with E-state index in [1.54, 1.807) is 26.2 Å². The van der Waals surface area contributed by atoms with E-state index < -0.39 is 5.91 Å². The zero-order chi connectivity index (χ0) is 16.7. The number of carbonyl (C=O) groups excluding carboxylic acids is 1. The third-order valence-corrected chi connectivity index (χ3v) is 3.32. The number of hydrogen-bond acceptors (Lipinski definition) is 5. The molecule has 0 radical (unpaired) electrons. The minimum Gasteiger partial charge on any atom is -0.493 e. The third-order valence-electron chi connectivity index (χ3n) is 2.63. The summed E-state index contributed by atoms with van der Waals surface area (Å²) >= 11 is 3.35. The second kappa shape index (κ2) is 8.06. The number of rotatable bonds is 5. The standard InChI is InChI=1S/C15H14BrN3O3/c1-19(2)15(20)11(9-18)6-10-7-13(21-3)14(8-12(10)16)22-5-4-17/h6-8H,5H2,1-3H3/b11-6-. The van der Waals surface area contributed by atoms with Crippen LogP contribution in [0.2, 0.25) is 0 Å². The van der Waals surface area contributed by atoms with Gasteiger partial charge in [-0.1, -0.05) is 15.9 Å². The minimum absolute atomic E-state index is 0.00144. The number of hydrogen-bond donors (Lipinski definition) is 0. The molecule has 0 bridgehead atoms. The fraction of sp³-hybridized carbons (Fsp3) is 0.267. The Labute approximate surface area is 137 Å². The lowest BCUT2D eigenvalue weighted by molar-refractivity contribution is -0.124. The van der Waals surface area contributed by atoms with Gasteiger partial charge in [0.25, 0.3) is 5.91 Å². The van der Waals surface area contributed by atoms with Crippen molar-refractivity contribution in [1.29, 1.82) is 10.5 Å². The lowest BCUT2D eigenvalue weighted by Crippen LogP contribution is -2.22. The highest BCUT2D eigenvalue weighted by atomic mass is 79.9. The van der Waals surface area contributed by atoms with E-state index in [4.69, 9.17) is 20.0 Å². The summed E-state index contributed by atoms with van der Waals surface area (Å²) in [6.07, 6.45) is 1.46. The van der Waals surface area contributed by atoms with E-state index in [-0.39, 0.29) is 12.2 Å². The van der Waals surface area contributed by atoms with E-state index in [9.17, 15) is 4.79 Å². The molecule has 1 aromatic rings. The number of benzene rings is 1. The van der Waals surface area contributed by atoms with E-state index in [1.165, 1.54) is 18.1 Å². The zero-order valence-corrected chi connectivity index (χ0v) is 14.0. The summed E-state index contributed by atoms with van der Waals surface area (Å²) in [5, 5.41) is 17.7. The molecular weight excluding hydrogens is 350 g/mol. The summed E-state index contributed by atoms with van der Waals surface area (Å²) < 4.78 is 11.1. The van der Waals surface area contributed by atoms with Crippen LogP contribution in [0.15, 0.2) is 22.2 Å². The van der Waals surface area contributed by atoms with Crippen LogP contribution in [0.5, 0.6) is 11.5 Å². The number of nitrogens with zero attached hydrogens (tertiary/aromatic N) is 3. The monoisotopic (exact) mass is 363 g/mol. The van der Waals surface area contributed by atoms with Crippen molar-refractivity contribution < 1.29 is 14.3 Å². The van der Waals surface area contributed by atoms with Crippen molar-refractivity contribution in [3.8, 4) is 23.6 Å². The van der Waals surface area contributed by atoms with Crippen LogP contribution in [0.3, 0.4) is 0 Å². The second-order valence-electron chi connectivity index (χ2n) is 4.34. The minimum atomic E-state index is -0.391. The van der Waals surface area contributed by atoms with Crippen molar-refractivity contribution in [2.24, 2.45) is 0 Å². The van der Waals surface area contributed by atoms with Crippen LogP contribution in [0.25, 0.3) is 6.08 Å². The summed E-state index contributed by atoms with van der Waals surface area (Å²) in [6.45, 7) is -0.111. The smallest absolute Gasteiger partial charge is 0.264 e. The Kier molecular flexibility index (Phi) is 6.43. The molecule has 7 heteroatoms. The fourth-order valence-electron chi connectivity index (χ4n) is 1.58. The van der Waals surface area contributed by atoms with Gasteiger partial charge in [-0.05, 0) is 23.8 Å². The number of amides is 1. The maximum Gasteiger partial charge on any atom is 0.264 e. The van der Waals surface area contributed by atoms with Crippen molar-refractivity contribution in [3.05, 3.63) is 27.7 Å². The van der Waals surface area contributed by atoms with Crippen molar-refractivity contribution in [2.45, 2.75) is 0 Å². The fourth-order valence-corrected chi connectivity index (χ4v) is 2.02. The Morgan fingerprint density at radius 2 is 2.05 bits per heavy atom. The molecule has 0 aliphatic carbocycles. The van der Waals surface area contributed by atoms with Crippen molar-refractivity contribution in [2.75, 3.05) is 27.8 Å². The number of carbonyl (C=O) groups is 1. The van der Waals surface area contributed by atoms with Gasteiger partial charge < -0.3 is 14.4 Å². The Balaban J connectivity index is 3.29. The molecule has 0 unspecified atom stereocenters.